The molecule has 172 valence electrons. The zero-order valence-corrected chi connectivity index (χ0v) is 18.3. The van der Waals surface area contributed by atoms with Gasteiger partial charge in [-0.25, -0.2) is 9.78 Å². The number of hydrogen-bond acceptors (Lipinski definition) is 6. The highest BCUT2D eigenvalue weighted by atomic mass is 32.1. The van der Waals surface area contributed by atoms with Gasteiger partial charge in [-0.2, -0.15) is 23.4 Å². The number of nitrogens with zero attached hydrogens (tertiary/aromatic N) is 5. The molecule has 3 aromatic heterocycles. The largest absolute Gasteiger partial charge is 0.487 e. The second-order valence-corrected chi connectivity index (χ2v) is 8.23. The van der Waals surface area contributed by atoms with E-state index in [1.165, 1.54) is 34.5 Å². The minimum absolute atomic E-state index is 0.0238. The Kier molecular flexibility index (Phi) is 5.93. The SMILES string of the molecule is Cc1cc(COc2cc(-c3csc(Cn4cc(C(=O)O)cn4)n3)cc(C(F)(F)F)c2)nn1C. The highest BCUT2D eigenvalue weighted by Gasteiger charge is 2.32. The van der Waals surface area contributed by atoms with E-state index in [9.17, 15) is 18.0 Å². The number of hydrogen-bond donors (Lipinski definition) is 1. The fourth-order valence-electron chi connectivity index (χ4n) is 3.07. The zero-order valence-electron chi connectivity index (χ0n) is 17.5. The molecule has 0 aliphatic rings. The number of benzene rings is 1. The predicted molar refractivity (Wildman–Crippen MR) is 113 cm³/mol. The maximum absolute atomic E-state index is 13.5. The van der Waals surface area contributed by atoms with Crippen molar-refractivity contribution in [1.29, 1.82) is 0 Å². The first-order valence-electron chi connectivity index (χ1n) is 9.63. The lowest BCUT2D eigenvalue weighted by Gasteiger charge is -2.12. The summed E-state index contributed by atoms with van der Waals surface area (Å²) >= 11 is 1.24. The first kappa shape index (κ1) is 22.5. The minimum atomic E-state index is -4.56. The molecule has 1 aromatic carbocycles. The second kappa shape index (κ2) is 8.70. The number of ether oxygens (including phenoxy) is 1. The van der Waals surface area contributed by atoms with E-state index >= 15 is 0 Å². The summed E-state index contributed by atoms with van der Waals surface area (Å²) in [6, 6.07) is 5.27. The molecule has 0 aliphatic heterocycles. The average molecular weight is 477 g/mol. The van der Waals surface area contributed by atoms with Crippen molar-refractivity contribution in [3.05, 3.63) is 69.6 Å². The van der Waals surface area contributed by atoms with Gasteiger partial charge < -0.3 is 9.84 Å². The molecule has 0 radical (unpaired) electrons. The van der Waals surface area contributed by atoms with Gasteiger partial charge >= 0.3 is 12.1 Å². The van der Waals surface area contributed by atoms with Gasteiger partial charge in [-0.1, -0.05) is 0 Å². The van der Waals surface area contributed by atoms with E-state index in [0.717, 1.165) is 17.8 Å². The van der Waals surface area contributed by atoms with Crippen LogP contribution in [0.4, 0.5) is 13.2 Å². The third kappa shape index (κ3) is 5.22. The fraction of sp³-hybridized carbons (Fsp3) is 0.238. The quantitative estimate of drug-likeness (QED) is 0.424. The number of rotatable bonds is 7. The molecule has 0 spiro atoms. The molecule has 33 heavy (non-hydrogen) atoms. The van der Waals surface area contributed by atoms with Crippen LogP contribution in [0.3, 0.4) is 0 Å². The Hall–Kier alpha value is -3.67. The van der Waals surface area contributed by atoms with Gasteiger partial charge in [-0.15, -0.1) is 11.3 Å². The van der Waals surface area contributed by atoms with E-state index in [2.05, 4.69) is 15.2 Å². The highest BCUT2D eigenvalue weighted by molar-refractivity contribution is 7.09. The summed E-state index contributed by atoms with van der Waals surface area (Å²) in [6.45, 7) is 2.08. The third-order valence-electron chi connectivity index (χ3n) is 4.81. The van der Waals surface area contributed by atoms with Crippen LogP contribution >= 0.6 is 11.3 Å². The Labute approximate surface area is 189 Å². The molecule has 4 rings (SSSR count). The van der Waals surface area contributed by atoms with Gasteiger partial charge in [0.05, 0.1) is 29.6 Å². The van der Waals surface area contributed by atoms with Crippen LogP contribution in [0, 0.1) is 6.92 Å². The molecule has 0 atom stereocenters. The van der Waals surface area contributed by atoms with Crippen LogP contribution in [-0.4, -0.2) is 35.6 Å². The van der Waals surface area contributed by atoms with Crippen LogP contribution in [0.5, 0.6) is 5.75 Å². The number of carboxylic acids is 1. The van der Waals surface area contributed by atoms with Gasteiger partial charge in [-0.3, -0.25) is 9.36 Å². The average Bonchev–Trinajstić information content (AvgIpc) is 3.47. The molecule has 0 saturated carbocycles. The van der Waals surface area contributed by atoms with Crippen molar-refractivity contribution in [2.45, 2.75) is 26.3 Å². The smallest absolute Gasteiger partial charge is 0.416 e. The first-order valence-corrected chi connectivity index (χ1v) is 10.5. The van der Waals surface area contributed by atoms with E-state index in [1.807, 2.05) is 6.92 Å². The summed E-state index contributed by atoms with van der Waals surface area (Å²) in [5, 5.41) is 19.4. The molecule has 0 saturated heterocycles. The van der Waals surface area contributed by atoms with Gasteiger partial charge in [0.1, 0.15) is 23.1 Å². The van der Waals surface area contributed by atoms with Crippen molar-refractivity contribution in [2.24, 2.45) is 7.05 Å². The van der Waals surface area contributed by atoms with Crippen LogP contribution in [0.25, 0.3) is 11.3 Å². The summed E-state index contributed by atoms with van der Waals surface area (Å²) in [7, 11) is 1.77. The molecule has 0 aliphatic carbocycles. The zero-order chi connectivity index (χ0) is 23.8. The van der Waals surface area contributed by atoms with E-state index in [1.54, 1.807) is 23.2 Å². The van der Waals surface area contributed by atoms with Gasteiger partial charge in [0.25, 0.3) is 0 Å². The first-order chi connectivity index (χ1) is 15.6. The van der Waals surface area contributed by atoms with Crippen molar-refractivity contribution >= 4 is 17.3 Å². The van der Waals surface area contributed by atoms with E-state index < -0.39 is 17.7 Å². The normalized spacial score (nSPS) is 11.7. The molecule has 3 heterocycles. The second-order valence-electron chi connectivity index (χ2n) is 7.29. The number of alkyl halides is 3. The van der Waals surface area contributed by atoms with Crippen LogP contribution in [-0.2, 0) is 26.4 Å². The number of carbonyl (C=O) groups is 1. The Morgan fingerprint density at radius 2 is 2.03 bits per heavy atom. The van der Waals surface area contributed by atoms with Crippen LogP contribution in [0.2, 0.25) is 0 Å². The lowest BCUT2D eigenvalue weighted by atomic mass is 10.1. The predicted octanol–water partition coefficient (Wildman–Crippen LogP) is 4.39. The van der Waals surface area contributed by atoms with Crippen LogP contribution in [0.1, 0.15) is 32.3 Å². The van der Waals surface area contributed by atoms with Crippen molar-refractivity contribution in [1.82, 2.24) is 24.5 Å². The number of aromatic carboxylic acids is 1. The molecule has 0 amide bonds. The molecule has 0 bridgehead atoms. The lowest BCUT2D eigenvalue weighted by molar-refractivity contribution is -0.137. The summed E-state index contributed by atoms with van der Waals surface area (Å²) in [4.78, 5) is 15.4. The molecular weight excluding hydrogens is 459 g/mol. The van der Waals surface area contributed by atoms with Crippen LogP contribution < -0.4 is 4.74 Å². The van der Waals surface area contributed by atoms with Gasteiger partial charge in [0, 0.05) is 29.9 Å². The molecule has 0 fully saturated rings. The van der Waals surface area contributed by atoms with Crippen molar-refractivity contribution in [3.8, 4) is 17.0 Å². The molecular formula is C21H18F3N5O3S. The van der Waals surface area contributed by atoms with Gasteiger partial charge in [0.15, 0.2) is 0 Å². The number of carboxylic acid groups (broad SMARTS) is 1. The van der Waals surface area contributed by atoms with Crippen molar-refractivity contribution in [3.63, 3.8) is 0 Å². The van der Waals surface area contributed by atoms with Crippen molar-refractivity contribution in [2.75, 3.05) is 0 Å². The fourth-order valence-corrected chi connectivity index (χ4v) is 3.87. The Balaban J connectivity index is 1.58. The topological polar surface area (TPSA) is 95.1 Å². The lowest BCUT2D eigenvalue weighted by Crippen LogP contribution is -2.06. The standard InChI is InChI=1S/C21H18F3N5O3S/c1-12-3-16(27-28(12)2)10-32-17-5-13(4-15(6-17)21(22,23)24)18-11-33-19(26-18)9-29-8-14(7-25-29)20(30)31/h3-8,11H,9-10H2,1-2H3,(H,30,31). The van der Waals surface area contributed by atoms with Gasteiger partial charge in [0.2, 0.25) is 0 Å². The van der Waals surface area contributed by atoms with E-state index in [-0.39, 0.29) is 30.0 Å². The van der Waals surface area contributed by atoms with Crippen LogP contribution in [0.15, 0.2) is 42.0 Å². The maximum atomic E-state index is 13.5. The summed E-state index contributed by atoms with van der Waals surface area (Å²) < 4.78 is 49.2. The number of aromatic nitrogens is 5. The Morgan fingerprint density at radius 3 is 2.67 bits per heavy atom. The summed E-state index contributed by atoms with van der Waals surface area (Å²) in [5.74, 6) is -1.05. The van der Waals surface area contributed by atoms with Crippen molar-refractivity contribution < 1.29 is 27.8 Å². The number of halogens is 3. The molecule has 0 unspecified atom stereocenters. The molecule has 4 aromatic rings. The number of aryl methyl sites for hydroxylation is 2. The Bertz CT molecular complexity index is 1290. The number of thiazole rings is 1. The van der Waals surface area contributed by atoms with E-state index in [0.29, 0.717) is 16.4 Å². The summed E-state index contributed by atoms with van der Waals surface area (Å²) in [5.41, 5.74) is 1.30. The monoisotopic (exact) mass is 477 g/mol. The highest BCUT2D eigenvalue weighted by Crippen LogP contribution is 2.36. The third-order valence-corrected chi connectivity index (χ3v) is 5.64. The minimum Gasteiger partial charge on any atom is -0.487 e. The maximum Gasteiger partial charge on any atom is 0.416 e. The molecule has 1 N–H and O–H groups in total. The summed E-state index contributed by atoms with van der Waals surface area (Å²) in [6.07, 6.45) is -1.98. The van der Waals surface area contributed by atoms with Gasteiger partial charge in [-0.05, 0) is 31.2 Å². The molecule has 8 nitrogen and oxygen atoms in total. The Morgan fingerprint density at radius 1 is 1.24 bits per heavy atom. The molecule has 12 heteroatoms. The van der Waals surface area contributed by atoms with E-state index in [4.69, 9.17) is 9.84 Å².